The number of benzene rings is 10. The van der Waals surface area contributed by atoms with Gasteiger partial charge in [-0.25, -0.2) is 19.9 Å². The summed E-state index contributed by atoms with van der Waals surface area (Å²) >= 11 is 0. The first kappa shape index (κ1) is 99.7. The molecule has 4 N–H and O–H groups in total. The zero-order valence-electron chi connectivity index (χ0n) is 77.5. The molecule has 22 aromatic rings. The predicted octanol–water partition coefficient (Wildman–Crippen LogP) is 25.4. The zero-order chi connectivity index (χ0) is 93.6. The summed E-state index contributed by atoms with van der Waals surface area (Å²) in [6.07, 6.45) is 20.7. The number of hydrogen-bond donors (Lipinski definition) is 4. The average molecular weight is 2550 g/mol. The number of aromatic hydroxyl groups is 4. The second-order valence-corrected chi connectivity index (χ2v) is 34.0. The van der Waals surface area contributed by atoms with Crippen molar-refractivity contribution in [3.05, 3.63) is 388 Å². The average Bonchev–Trinajstić information content (AvgIpc) is 1.62. The van der Waals surface area contributed by atoms with Gasteiger partial charge in [-0.1, -0.05) is 229 Å². The van der Waals surface area contributed by atoms with Gasteiger partial charge in [-0.05, 0) is 114 Å². The number of hydrogen-bond acceptors (Lipinski definition) is 16. The second-order valence-electron chi connectivity index (χ2n) is 34.0. The second kappa shape index (κ2) is 44.4. The Bertz CT molecular complexity index is 8110. The summed E-state index contributed by atoms with van der Waals surface area (Å²) in [5, 5.41) is 41.4. The Morgan fingerprint density at radius 1 is 0.271 bits per heavy atom. The van der Waals surface area contributed by atoms with Gasteiger partial charge in [0.05, 0.1) is 91.2 Å². The van der Waals surface area contributed by atoms with Gasteiger partial charge in [-0.2, -0.15) is 0 Å². The van der Waals surface area contributed by atoms with Crippen molar-refractivity contribution in [2.24, 2.45) is 34.1 Å². The van der Waals surface area contributed by atoms with Crippen LogP contribution >= 0.6 is 0 Å². The maximum atomic E-state index is 10.4. The number of pyridine rings is 8. The van der Waals surface area contributed by atoms with Gasteiger partial charge in [0, 0.05) is 185 Å². The van der Waals surface area contributed by atoms with E-state index in [0.717, 1.165) is 162 Å². The standard InChI is InChI=1S/C31H23N4O.C30H21N4O.C28H25N4O.C27H23N4O.4Pt/c1-20-18-33-27(17-26(20)21-8-4-3-5-9-21)23-11-6-10-22(16-23)24-12-7-13-28-30(24)34-31(35(28)2)25-14-15-32-19-29(25)36;1-34-27-12-7-10-24(29(27)33-30(34)25-13-15-31-19-28(25)35)22-16-21(20-8-3-2-4-9-20)17-23(18-22)26-11-5-6-14-32-26;1-18(2)13-19-14-20(16-21(15-19)24-8-4-5-11-30-24)22-7-6-9-25-27(22)31-28(32(25)3)23-10-12-29-17-26(23)33;1-17(2)18-13-19(15-20(14-18)23-8-4-5-11-29-23)21-7-6-9-24-26(21)30-27(31(24)3)22-10-12-28-16-25(22)32;;;;/h3-15,17-19,36H,1-2H3;2-17,19,35H,1H3;4-12,14-15,17-18,33H,13H2,1-3H3;4-14,16-17,32H,1-3H3;;;;/q4*-1;;;;. The third-order valence-electron chi connectivity index (χ3n) is 24.2. The molecule has 0 aliphatic rings. The van der Waals surface area contributed by atoms with Crippen LogP contribution in [0.15, 0.2) is 347 Å². The van der Waals surface area contributed by atoms with Crippen molar-refractivity contribution in [2.75, 3.05) is 0 Å². The Labute approximate surface area is 869 Å². The fourth-order valence-electron chi connectivity index (χ4n) is 17.3. The molecule has 0 saturated heterocycles. The fourth-order valence-corrected chi connectivity index (χ4v) is 17.3. The number of nitrogens with zero attached hydrogens (tertiary/aromatic N) is 16. The first-order valence-electron chi connectivity index (χ1n) is 44.7. The zero-order valence-corrected chi connectivity index (χ0v) is 86.6. The maximum Gasteiger partial charge on any atom is 0.144 e. The summed E-state index contributed by atoms with van der Waals surface area (Å²) in [6.45, 7) is 10.9. The van der Waals surface area contributed by atoms with E-state index < -0.39 is 0 Å². The molecule has 140 heavy (non-hydrogen) atoms. The van der Waals surface area contributed by atoms with E-state index >= 15 is 0 Å². The van der Waals surface area contributed by atoms with E-state index in [1.165, 1.54) is 41.5 Å². The molecule has 0 bridgehead atoms. The van der Waals surface area contributed by atoms with Crippen LogP contribution in [0, 0.1) is 37.1 Å². The van der Waals surface area contributed by atoms with Gasteiger partial charge < -0.3 is 38.7 Å². The van der Waals surface area contributed by atoms with Crippen LogP contribution in [-0.2, 0) is 119 Å². The third kappa shape index (κ3) is 21.0. The summed E-state index contributed by atoms with van der Waals surface area (Å²) in [5.41, 5.74) is 33.1. The topological polar surface area (TPSA) is 255 Å². The maximum absolute atomic E-state index is 10.4. The van der Waals surface area contributed by atoms with Crippen molar-refractivity contribution in [2.45, 2.75) is 47.0 Å². The molecule has 0 radical (unpaired) electrons. The Balaban J connectivity index is 0.000000140. The Morgan fingerprint density at radius 2 is 0.600 bits per heavy atom. The fraction of sp³-hybridized carbons (Fsp3) is 0.103. The van der Waals surface area contributed by atoms with Crippen LogP contribution in [0.1, 0.15) is 50.3 Å². The summed E-state index contributed by atoms with van der Waals surface area (Å²) in [6, 6.07) is 106. The summed E-state index contributed by atoms with van der Waals surface area (Å²) in [5.74, 6) is 4.06. The molecule has 20 nitrogen and oxygen atoms in total. The van der Waals surface area contributed by atoms with Gasteiger partial charge in [0.15, 0.2) is 0 Å². The van der Waals surface area contributed by atoms with Crippen molar-refractivity contribution in [3.63, 3.8) is 0 Å². The molecule has 12 heterocycles. The number of fused-ring (bicyclic) bond motifs is 4. The van der Waals surface area contributed by atoms with Crippen molar-refractivity contribution in [1.29, 1.82) is 0 Å². The minimum atomic E-state index is 0. The van der Waals surface area contributed by atoms with Crippen LogP contribution in [0.3, 0.4) is 0 Å². The normalized spacial score (nSPS) is 10.9. The van der Waals surface area contributed by atoms with Crippen molar-refractivity contribution in [1.82, 2.24) is 78.1 Å². The molecular formula is C116H92N16O4Pt4-4. The van der Waals surface area contributed by atoms with E-state index in [-0.39, 0.29) is 107 Å². The summed E-state index contributed by atoms with van der Waals surface area (Å²) in [4.78, 5) is 54.1. The number of imidazole rings is 4. The Kier molecular flexibility index (Phi) is 31.6. The number of para-hydroxylation sites is 4. The molecule has 12 aromatic heterocycles. The SMILES string of the molecule is CC(C)Cc1cc(-c2ccccn2)[c-]c(-c2cccc3c2nc(-c2ccncc2O)n3C)c1.CC(C)c1cc(-c2ccccn2)[c-]c(-c2cccc3c2nc(-c2ccncc2O)n3C)c1.Cc1cnc(-c2[c-]c(-c3cccc4c3nc(-c3ccncc3O)n4C)ccc2)cc1-c1ccccc1.Cn1c(-c2ccncc2O)nc2c(-c3[c-]c(-c4ccccn4)cc(-c4ccccc4)c3)cccc21.[Pt].[Pt].[Pt].[Pt]. The monoisotopic (exact) mass is 2550 g/mol. The minimum Gasteiger partial charge on any atom is -0.506 e. The van der Waals surface area contributed by atoms with E-state index in [4.69, 9.17) is 24.9 Å². The molecular weight excluding hydrogens is 2460 g/mol. The van der Waals surface area contributed by atoms with Crippen LogP contribution in [0.5, 0.6) is 23.0 Å². The quantitative estimate of drug-likeness (QED) is 0.0618. The van der Waals surface area contributed by atoms with E-state index in [0.29, 0.717) is 57.4 Å². The van der Waals surface area contributed by atoms with Crippen LogP contribution in [0.2, 0.25) is 0 Å². The molecule has 0 atom stereocenters. The predicted molar refractivity (Wildman–Crippen MR) is 541 cm³/mol. The third-order valence-corrected chi connectivity index (χ3v) is 24.2. The van der Waals surface area contributed by atoms with Gasteiger partial charge in [-0.15, -0.1) is 112 Å². The van der Waals surface area contributed by atoms with E-state index in [9.17, 15) is 20.4 Å². The van der Waals surface area contributed by atoms with Crippen LogP contribution < -0.4 is 0 Å². The molecule has 0 aliphatic carbocycles. The van der Waals surface area contributed by atoms with Gasteiger partial charge in [-0.3, -0.25) is 39.9 Å². The molecule has 0 amide bonds. The molecule has 0 saturated carbocycles. The molecule has 0 unspecified atom stereocenters. The Morgan fingerprint density at radius 3 is 0.986 bits per heavy atom. The van der Waals surface area contributed by atoms with E-state index in [1.807, 2.05) is 204 Å². The summed E-state index contributed by atoms with van der Waals surface area (Å²) < 4.78 is 7.99. The van der Waals surface area contributed by atoms with Crippen LogP contribution in [0.4, 0.5) is 0 Å². The van der Waals surface area contributed by atoms with Gasteiger partial charge in [0.1, 0.15) is 46.3 Å². The Hall–Kier alpha value is -14.8. The van der Waals surface area contributed by atoms with E-state index in [1.54, 1.807) is 61.4 Å². The number of rotatable bonds is 17. The van der Waals surface area contributed by atoms with Gasteiger partial charge in [0.25, 0.3) is 0 Å². The summed E-state index contributed by atoms with van der Waals surface area (Å²) in [7, 11) is 7.84. The molecule has 24 heteroatoms. The molecule has 0 spiro atoms. The smallest absolute Gasteiger partial charge is 0.144 e. The molecule has 704 valence electrons. The molecule has 0 fully saturated rings. The van der Waals surface area contributed by atoms with Gasteiger partial charge >= 0.3 is 0 Å². The number of aromatic nitrogens is 16. The molecule has 0 aliphatic heterocycles. The molecule has 22 rings (SSSR count). The van der Waals surface area contributed by atoms with Crippen molar-refractivity contribution in [3.8, 4) is 180 Å². The first-order valence-corrected chi connectivity index (χ1v) is 44.7. The number of aryl methyl sites for hydroxylation is 5. The minimum absolute atomic E-state index is 0. The molecule has 10 aromatic carbocycles. The van der Waals surface area contributed by atoms with Gasteiger partial charge in [0.2, 0.25) is 0 Å². The first-order chi connectivity index (χ1) is 66.3. The van der Waals surface area contributed by atoms with Crippen LogP contribution in [-0.4, -0.2) is 98.5 Å². The van der Waals surface area contributed by atoms with E-state index in [2.05, 4.69) is 197 Å². The largest absolute Gasteiger partial charge is 0.506 e. The van der Waals surface area contributed by atoms with Crippen LogP contribution in [0.25, 0.3) is 201 Å². The van der Waals surface area contributed by atoms with Crippen molar-refractivity contribution >= 4 is 44.1 Å². The van der Waals surface area contributed by atoms with Crippen molar-refractivity contribution < 1.29 is 105 Å².